The maximum atomic E-state index is 14.3. The molecule has 2 aliphatic heterocycles. The van der Waals surface area contributed by atoms with Crippen molar-refractivity contribution in [1.29, 1.82) is 0 Å². The van der Waals surface area contributed by atoms with Crippen LogP contribution in [0.1, 0.15) is 23.3 Å². The van der Waals surface area contributed by atoms with Crippen molar-refractivity contribution in [2.45, 2.75) is 48.1 Å². The van der Waals surface area contributed by atoms with Gasteiger partial charge in [0.1, 0.15) is 35.6 Å². The molecule has 50 heavy (non-hydrogen) atoms. The number of hydrogen-bond donors (Lipinski definition) is 6. The van der Waals surface area contributed by atoms with Crippen LogP contribution < -0.4 is 4.90 Å². The number of para-hydroxylation sites is 1. The zero-order valence-corrected chi connectivity index (χ0v) is 26.7. The fraction of sp³-hybridized carbons (Fsp3) is 0.257. The molecule has 2 fully saturated rings. The molecule has 0 bridgehead atoms. The number of sulfone groups is 1. The number of carbonyl (C=O) groups excluding carboxylic acids is 1. The SMILES string of the molecule is O=C(O)C1O[C@@H](O[C@@H](CS(=O)(=O)[C@H]2C(=O)N(c3ccccc3)[C@@H]2c2ccc(-c3cccc(O)c3)cc2O)c2ccc(F)cc2)C(O)[C@@H](O)[C@@H]1O. The quantitative estimate of drug-likeness (QED) is 0.131. The Labute approximate surface area is 284 Å². The van der Waals surface area contributed by atoms with E-state index in [0.717, 1.165) is 12.1 Å². The van der Waals surface area contributed by atoms with Crippen LogP contribution >= 0.6 is 0 Å². The second-order valence-electron chi connectivity index (χ2n) is 12.0. The van der Waals surface area contributed by atoms with E-state index < -0.39 is 81.4 Å². The minimum absolute atomic E-state index is 0.00897. The molecule has 4 aromatic rings. The smallest absolute Gasteiger partial charge is 0.335 e. The second-order valence-corrected chi connectivity index (χ2v) is 14.1. The largest absolute Gasteiger partial charge is 0.508 e. The summed E-state index contributed by atoms with van der Waals surface area (Å²) in [6, 6.07) is 22.1. The zero-order valence-electron chi connectivity index (χ0n) is 25.9. The number of aromatic hydroxyl groups is 2. The number of aliphatic hydroxyl groups excluding tert-OH is 3. The summed E-state index contributed by atoms with van der Waals surface area (Å²) in [4.78, 5) is 26.7. The number of nitrogens with zero attached hydrogens (tertiary/aromatic N) is 1. The van der Waals surface area contributed by atoms with Gasteiger partial charge < -0.3 is 45.0 Å². The summed E-state index contributed by atoms with van der Waals surface area (Å²) >= 11 is 0. The predicted molar refractivity (Wildman–Crippen MR) is 174 cm³/mol. The average molecular weight is 710 g/mol. The molecule has 2 saturated heterocycles. The minimum Gasteiger partial charge on any atom is -0.508 e. The van der Waals surface area contributed by atoms with Crippen LogP contribution in [0.25, 0.3) is 11.1 Å². The lowest BCUT2D eigenvalue weighted by molar-refractivity contribution is -0.303. The maximum Gasteiger partial charge on any atom is 0.335 e. The molecule has 0 radical (unpaired) electrons. The van der Waals surface area contributed by atoms with Gasteiger partial charge in [-0.3, -0.25) is 4.79 Å². The number of carboxylic acid groups (broad SMARTS) is 1. The number of ether oxygens (including phenoxy) is 2. The predicted octanol–water partition coefficient (Wildman–Crippen LogP) is 2.43. The van der Waals surface area contributed by atoms with Gasteiger partial charge in [-0.05, 0) is 59.2 Å². The lowest BCUT2D eigenvalue weighted by Crippen LogP contribution is -2.63. The van der Waals surface area contributed by atoms with Crippen LogP contribution in [0.2, 0.25) is 0 Å². The van der Waals surface area contributed by atoms with Crippen molar-refractivity contribution in [2.75, 3.05) is 10.7 Å². The normalized spacial score (nSPS) is 25.9. The molecule has 0 spiro atoms. The number of rotatable bonds is 10. The number of carbonyl (C=O) groups is 2. The van der Waals surface area contributed by atoms with Crippen LogP contribution in [0.4, 0.5) is 10.1 Å². The third kappa shape index (κ3) is 6.66. The molecule has 2 unspecified atom stereocenters. The van der Waals surface area contributed by atoms with E-state index in [1.807, 2.05) is 0 Å². The number of hydrogen-bond acceptors (Lipinski definition) is 11. The highest BCUT2D eigenvalue weighted by Crippen LogP contribution is 2.47. The standard InChI is InChI=1S/C35H32FNO12S/c36-21-12-9-18(10-13-21)26(48-35-30(42)28(40)29(41)31(49-35)34(44)45)17-50(46,47)32-27(37(33(32)43)22-6-2-1-3-7-22)24-14-11-20(16-25(24)39)19-5-4-8-23(38)15-19/h1-16,26-32,35,38-42H,17H2,(H,44,45)/t26-,27+,28-,29-,30?,31?,32+,35+/m0/s1. The number of anilines is 1. The van der Waals surface area contributed by atoms with E-state index >= 15 is 0 Å². The van der Waals surface area contributed by atoms with Gasteiger partial charge in [0.05, 0.1) is 17.9 Å². The van der Waals surface area contributed by atoms with Crippen molar-refractivity contribution >= 4 is 27.4 Å². The monoisotopic (exact) mass is 709 g/mol. The molecule has 8 atom stereocenters. The van der Waals surface area contributed by atoms with E-state index in [2.05, 4.69) is 0 Å². The van der Waals surface area contributed by atoms with Crippen LogP contribution in [0.15, 0.2) is 97.1 Å². The van der Waals surface area contributed by atoms with Gasteiger partial charge in [-0.15, -0.1) is 0 Å². The molecule has 15 heteroatoms. The average Bonchev–Trinajstić information content (AvgIpc) is 3.07. The van der Waals surface area contributed by atoms with Gasteiger partial charge in [-0.2, -0.15) is 0 Å². The number of aliphatic hydroxyl groups is 3. The molecule has 262 valence electrons. The van der Waals surface area contributed by atoms with Crippen molar-refractivity contribution in [3.63, 3.8) is 0 Å². The molecular formula is C35H32FNO12S. The summed E-state index contributed by atoms with van der Waals surface area (Å²) < 4.78 is 53.4. The van der Waals surface area contributed by atoms with Gasteiger partial charge in [-0.1, -0.05) is 54.6 Å². The van der Waals surface area contributed by atoms with E-state index in [4.69, 9.17) is 9.47 Å². The van der Waals surface area contributed by atoms with Crippen molar-refractivity contribution in [3.05, 3.63) is 114 Å². The molecular weight excluding hydrogens is 677 g/mol. The Morgan fingerprint density at radius 3 is 2.18 bits per heavy atom. The Balaban J connectivity index is 1.37. The van der Waals surface area contributed by atoms with Gasteiger partial charge in [0.15, 0.2) is 27.5 Å². The lowest BCUT2D eigenvalue weighted by Gasteiger charge is -2.47. The topological polar surface area (TPSA) is 211 Å². The first-order valence-electron chi connectivity index (χ1n) is 15.3. The van der Waals surface area contributed by atoms with E-state index in [-0.39, 0.29) is 22.6 Å². The van der Waals surface area contributed by atoms with Crippen LogP contribution in [-0.4, -0.2) is 92.6 Å². The minimum atomic E-state index is -4.60. The number of benzene rings is 4. The zero-order chi connectivity index (χ0) is 35.9. The third-order valence-corrected chi connectivity index (χ3v) is 10.7. The molecule has 2 heterocycles. The summed E-state index contributed by atoms with van der Waals surface area (Å²) in [5.41, 5.74) is 1.55. The van der Waals surface area contributed by atoms with Crippen molar-refractivity contribution in [1.82, 2.24) is 0 Å². The number of amides is 1. The Morgan fingerprint density at radius 1 is 0.860 bits per heavy atom. The van der Waals surface area contributed by atoms with E-state index in [1.165, 1.54) is 41.3 Å². The molecule has 6 rings (SSSR count). The van der Waals surface area contributed by atoms with Gasteiger partial charge in [0.2, 0.25) is 5.91 Å². The summed E-state index contributed by atoms with van der Waals surface area (Å²) in [6.45, 7) is 0. The highest BCUT2D eigenvalue weighted by atomic mass is 32.2. The fourth-order valence-electron chi connectivity index (χ4n) is 6.18. The van der Waals surface area contributed by atoms with E-state index in [9.17, 15) is 53.0 Å². The molecule has 1 amide bonds. The summed E-state index contributed by atoms with van der Waals surface area (Å²) in [5, 5.41) is 59.9. The third-order valence-electron chi connectivity index (χ3n) is 8.73. The van der Waals surface area contributed by atoms with Crippen molar-refractivity contribution < 1.29 is 62.5 Å². The van der Waals surface area contributed by atoms with Gasteiger partial charge in [-0.25, -0.2) is 17.6 Å². The van der Waals surface area contributed by atoms with Crippen LogP contribution in [0.5, 0.6) is 11.5 Å². The molecule has 2 aliphatic rings. The van der Waals surface area contributed by atoms with Gasteiger partial charge in [0.25, 0.3) is 0 Å². The fourth-order valence-corrected chi connectivity index (χ4v) is 8.16. The first-order valence-corrected chi connectivity index (χ1v) is 17.0. The number of phenols is 2. The summed E-state index contributed by atoms with van der Waals surface area (Å²) in [6.07, 6.45) is -11.8. The first-order chi connectivity index (χ1) is 23.8. The van der Waals surface area contributed by atoms with E-state index in [1.54, 1.807) is 48.5 Å². The summed E-state index contributed by atoms with van der Waals surface area (Å²) in [7, 11) is -4.60. The van der Waals surface area contributed by atoms with Crippen LogP contribution in [-0.2, 0) is 28.9 Å². The Morgan fingerprint density at radius 2 is 1.54 bits per heavy atom. The summed E-state index contributed by atoms with van der Waals surface area (Å²) in [5.74, 6) is -4.51. The Bertz CT molecular complexity index is 1990. The Kier molecular flexibility index (Phi) is 9.63. The second kappa shape index (κ2) is 13.8. The molecule has 0 aromatic heterocycles. The molecule has 0 saturated carbocycles. The number of carboxylic acids is 1. The lowest BCUT2D eigenvalue weighted by atomic mass is 9.90. The van der Waals surface area contributed by atoms with Crippen LogP contribution in [0, 0.1) is 5.82 Å². The molecule has 4 aromatic carbocycles. The van der Waals surface area contributed by atoms with Crippen molar-refractivity contribution in [3.8, 4) is 22.6 Å². The molecule has 6 N–H and O–H groups in total. The number of β-lactam (4-membered cyclic amide) rings is 1. The number of phenolic OH excluding ortho intramolecular Hbond substituents is 2. The highest BCUT2D eigenvalue weighted by molar-refractivity contribution is 7.93. The van der Waals surface area contributed by atoms with Gasteiger partial charge >= 0.3 is 5.97 Å². The van der Waals surface area contributed by atoms with Crippen molar-refractivity contribution in [2.24, 2.45) is 0 Å². The van der Waals surface area contributed by atoms with Gasteiger partial charge in [0, 0.05) is 11.3 Å². The first kappa shape index (κ1) is 34.9. The number of aliphatic carboxylic acids is 1. The Hall–Kier alpha value is -4.90. The molecule has 13 nitrogen and oxygen atoms in total. The maximum absolute atomic E-state index is 14.3. The highest BCUT2D eigenvalue weighted by Gasteiger charge is 2.57. The molecule has 0 aliphatic carbocycles. The van der Waals surface area contributed by atoms with E-state index in [0.29, 0.717) is 16.8 Å². The number of halogens is 1. The van der Waals surface area contributed by atoms with Crippen LogP contribution in [0.3, 0.4) is 0 Å².